The van der Waals surface area contributed by atoms with Crippen LogP contribution in [0.25, 0.3) is 0 Å². The van der Waals surface area contributed by atoms with E-state index in [2.05, 4.69) is 48.6 Å². The van der Waals surface area contributed by atoms with Crippen LogP contribution in [-0.4, -0.2) is 66.7 Å². The molecule has 50 heavy (non-hydrogen) atoms. The van der Waals surface area contributed by atoms with Crippen molar-refractivity contribution in [2.24, 2.45) is 5.92 Å². The molecule has 3 heterocycles. The van der Waals surface area contributed by atoms with Crippen molar-refractivity contribution in [3.05, 3.63) is 88.8 Å². The summed E-state index contributed by atoms with van der Waals surface area (Å²) in [6.07, 6.45) is 8.13. The number of carbonyl (C=O) groups excluding carboxylic acids is 2. The van der Waals surface area contributed by atoms with E-state index in [1.54, 1.807) is 66.3 Å². The number of nitrogens with zero attached hydrogens (tertiary/aromatic N) is 4. The Morgan fingerprint density at radius 1 is 1.16 bits per heavy atom. The third-order valence-corrected chi connectivity index (χ3v) is 12.3. The second-order valence-corrected chi connectivity index (χ2v) is 18.0. The molecule has 1 fully saturated rings. The van der Waals surface area contributed by atoms with Gasteiger partial charge in [0.15, 0.2) is 5.60 Å². The van der Waals surface area contributed by atoms with Gasteiger partial charge < -0.3 is 28.9 Å². The number of benzene rings is 2. The molecule has 0 unspecified atom stereocenters. The van der Waals surface area contributed by atoms with Crippen LogP contribution in [-0.2, 0) is 28.1 Å². The molecule has 4 atom stereocenters. The predicted octanol–water partition coefficient (Wildman–Crippen LogP) is 6.98. The molecule has 2 aromatic carbocycles. The van der Waals surface area contributed by atoms with E-state index in [4.69, 9.17) is 9.47 Å². The van der Waals surface area contributed by atoms with Crippen LogP contribution in [0.1, 0.15) is 68.6 Å². The fourth-order valence-electron chi connectivity index (χ4n) is 7.40. The number of rotatable bonds is 14. The maximum Gasteiger partial charge on any atom is 0.264 e. The van der Waals surface area contributed by atoms with Gasteiger partial charge in [-0.05, 0) is 95.6 Å². The number of allylic oxidation sites excluding steroid dienone is 3. The Balaban J connectivity index is 1.50. The number of aromatic nitrogens is 3. The Kier molecular flexibility index (Phi) is 11.4. The van der Waals surface area contributed by atoms with Crippen molar-refractivity contribution in [1.29, 1.82) is 0 Å². The van der Waals surface area contributed by atoms with Gasteiger partial charge in [0.05, 0.1) is 24.6 Å². The predicted molar refractivity (Wildman–Crippen MR) is 196 cm³/mol. The third kappa shape index (κ3) is 7.77. The van der Waals surface area contributed by atoms with Gasteiger partial charge in [0.25, 0.3) is 11.8 Å². The number of ether oxygens (including phenoxy) is 2. The average molecular weight is 704 g/mol. The summed E-state index contributed by atoms with van der Waals surface area (Å²) < 4.78 is 30.2. The minimum absolute atomic E-state index is 0.0289. The first-order valence-corrected chi connectivity index (χ1v) is 20.3. The van der Waals surface area contributed by atoms with E-state index in [9.17, 15) is 14.7 Å². The molecule has 1 spiro atoms. The van der Waals surface area contributed by atoms with Gasteiger partial charge in [0.1, 0.15) is 5.75 Å². The zero-order chi connectivity index (χ0) is 36.2. The number of aliphatic hydroxyl groups is 1. The van der Waals surface area contributed by atoms with Gasteiger partial charge in [-0.3, -0.25) is 14.3 Å². The average Bonchev–Trinajstić information content (AvgIpc) is 3.71. The highest BCUT2D eigenvalue weighted by atomic mass is 28.4. The van der Waals surface area contributed by atoms with Crippen molar-refractivity contribution < 1.29 is 28.3 Å². The van der Waals surface area contributed by atoms with Gasteiger partial charge in [-0.1, -0.05) is 35.4 Å². The van der Waals surface area contributed by atoms with Crippen molar-refractivity contribution in [3.8, 4) is 5.75 Å². The van der Waals surface area contributed by atoms with Crippen molar-refractivity contribution >= 4 is 31.6 Å². The van der Waals surface area contributed by atoms with E-state index in [-0.39, 0.29) is 18.4 Å². The lowest BCUT2D eigenvalue weighted by atomic mass is 9.82. The van der Waals surface area contributed by atoms with Crippen LogP contribution in [0, 0.1) is 5.92 Å². The number of carbonyl (C=O) groups is 2. The molecule has 5 rings (SSSR count). The monoisotopic (exact) mass is 703 g/mol. The minimum atomic E-state index is -3.39. The molecule has 2 N–H and O–H groups in total. The second-order valence-electron chi connectivity index (χ2n) is 14.2. The Bertz CT molecular complexity index is 1750. The summed E-state index contributed by atoms with van der Waals surface area (Å²) >= 11 is 0. The van der Waals surface area contributed by atoms with Crippen molar-refractivity contribution in [1.82, 2.24) is 15.0 Å². The highest BCUT2D eigenvalue weighted by molar-refractivity contribution is 6.72. The Morgan fingerprint density at radius 3 is 2.56 bits per heavy atom. The molecule has 10 nitrogen and oxygen atoms in total. The van der Waals surface area contributed by atoms with Crippen LogP contribution in [0.2, 0.25) is 18.6 Å². The third-order valence-electron chi connectivity index (χ3n) is 9.88. The van der Waals surface area contributed by atoms with E-state index >= 15 is 4.11 Å². The molecule has 268 valence electrons. The van der Waals surface area contributed by atoms with E-state index in [1.165, 1.54) is 11.1 Å². The number of nitrogens with one attached hydrogen (secondary N) is 1. The molecular formula is C38H50FN5O5Si. The minimum Gasteiger partial charge on any atom is -0.497 e. The maximum absolute atomic E-state index is 16.4. The zero-order valence-electron chi connectivity index (χ0n) is 30.2. The molecule has 3 aromatic rings. The van der Waals surface area contributed by atoms with E-state index in [1.807, 2.05) is 19.1 Å². The van der Waals surface area contributed by atoms with Crippen LogP contribution in [0.15, 0.2) is 72.0 Å². The maximum atomic E-state index is 16.4. The zero-order valence-corrected chi connectivity index (χ0v) is 31.2. The fourth-order valence-corrected chi connectivity index (χ4v) is 9.94. The first kappa shape index (κ1) is 37.1. The first-order chi connectivity index (χ1) is 23.8. The lowest BCUT2D eigenvalue weighted by Crippen LogP contribution is -2.45. The smallest absolute Gasteiger partial charge is 0.264 e. The number of hydrogen-bond donors (Lipinski definition) is 2. The summed E-state index contributed by atoms with van der Waals surface area (Å²) in [7, 11) is -1.82. The van der Waals surface area contributed by atoms with Crippen molar-refractivity contribution in [2.75, 3.05) is 30.5 Å². The van der Waals surface area contributed by atoms with Gasteiger partial charge >= 0.3 is 0 Å². The van der Waals surface area contributed by atoms with Gasteiger partial charge in [-0.15, -0.1) is 5.10 Å². The topological polar surface area (TPSA) is 119 Å². The van der Waals surface area contributed by atoms with E-state index in [0.29, 0.717) is 59.9 Å². The highest BCUT2D eigenvalue weighted by Gasteiger charge is 2.66. The van der Waals surface area contributed by atoms with E-state index < -0.39 is 31.6 Å². The summed E-state index contributed by atoms with van der Waals surface area (Å²) in [5, 5.41) is 20.6. The molecule has 0 bridgehead atoms. The van der Waals surface area contributed by atoms with Crippen LogP contribution >= 0.6 is 0 Å². The van der Waals surface area contributed by atoms with Gasteiger partial charge in [-0.2, -0.15) is 0 Å². The molecule has 12 heteroatoms. The number of aliphatic hydroxyl groups excluding tert-OH is 1. The molecule has 2 amide bonds. The normalized spacial score (nSPS) is 21.9. The number of aryl methyl sites for hydroxylation is 1. The van der Waals surface area contributed by atoms with Crippen molar-refractivity contribution in [3.63, 3.8) is 0 Å². The summed E-state index contributed by atoms with van der Waals surface area (Å²) in [5.74, 6) is -0.360. The first-order valence-electron chi connectivity index (χ1n) is 17.4. The number of halogens is 1. The molecule has 2 aliphatic rings. The summed E-state index contributed by atoms with van der Waals surface area (Å²) in [6.45, 7) is 12.3. The Morgan fingerprint density at radius 2 is 1.90 bits per heavy atom. The van der Waals surface area contributed by atoms with Crippen LogP contribution in [0.4, 0.5) is 15.5 Å². The summed E-state index contributed by atoms with van der Waals surface area (Å²) in [6, 6.07) is 12.3. The SMILES string of the molecule is COc1ccc(C(=O)Nc2ccc3c(c2)[C@@]2(O[C@H](CCn4cc(CCO)nn4)[C@@H]([Si](C)(C)F)[C@@H]2C)C(=O)N3C/C=C(\C)CCC=C(C)C)cc1. The molecule has 0 saturated carbocycles. The molecule has 0 aliphatic carbocycles. The molecule has 1 aromatic heterocycles. The van der Waals surface area contributed by atoms with Crippen molar-refractivity contribution in [2.45, 2.75) is 90.3 Å². The highest BCUT2D eigenvalue weighted by Crippen LogP contribution is 2.60. The standard InChI is InChI=1S/C38H50FN5O5Si/c1-25(2)9-8-10-26(3)17-21-44-33-16-13-29(40-36(46)28-11-14-31(48-5)15-12-28)23-32(33)38(37(44)47)27(4)35(50(6,7)39)34(49-38)18-20-43-24-30(19-22-45)41-42-43/h9,11-17,23-24,27,34-35,45H,8,10,18-22H2,1-7H3,(H,40,46)/b26-17+/t27-,34+,35-,38+/m0/s1. The molecule has 1 saturated heterocycles. The Hall–Kier alpha value is -4.13. The quantitative estimate of drug-likeness (QED) is 0.106. The molecule has 0 radical (unpaired) electrons. The number of anilines is 2. The number of amides is 2. The number of hydrogen-bond acceptors (Lipinski definition) is 7. The Labute approximate surface area is 295 Å². The van der Waals surface area contributed by atoms with Crippen LogP contribution in [0.5, 0.6) is 5.75 Å². The van der Waals surface area contributed by atoms with Crippen LogP contribution in [0.3, 0.4) is 0 Å². The van der Waals surface area contributed by atoms with Gasteiger partial charge in [-0.25, -0.2) is 0 Å². The van der Waals surface area contributed by atoms with Crippen LogP contribution < -0.4 is 15.0 Å². The lowest BCUT2D eigenvalue weighted by Gasteiger charge is -2.31. The molecular weight excluding hydrogens is 654 g/mol. The number of methoxy groups -OCH3 is 1. The van der Waals surface area contributed by atoms with E-state index in [0.717, 1.165) is 12.8 Å². The van der Waals surface area contributed by atoms with Gasteiger partial charge in [0.2, 0.25) is 8.41 Å². The molecule has 2 aliphatic heterocycles. The fraction of sp³-hybridized carbons (Fsp3) is 0.474. The lowest BCUT2D eigenvalue weighted by molar-refractivity contribution is -0.145. The largest absolute Gasteiger partial charge is 0.497 e. The van der Waals surface area contributed by atoms with Gasteiger partial charge in [0, 0.05) is 60.6 Å². The summed E-state index contributed by atoms with van der Waals surface area (Å²) in [4.78, 5) is 29.8. The number of fused-ring (bicyclic) bond motifs is 2. The summed E-state index contributed by atoms with van der Waals surface area (Å²) in [5.41, 5.74) is 3.48. The second kappa shape index (κ2) is 15.4.